The number of cyclic esters (lactones) is 1. The molecule has 0 spiro atoms. The number of hydrogen-bond donors (Lipinski definition) is 1. The molecule has 2 amide bonds. The van der Waals surface area contributed by atoms with Crippen molar-refractivity contribution in [1.82, 2.24) is 4.90 Å². The SMILES string of the molecule is COc1ccc(C2(c3ccccc3)COC(=O)N2C(=O)C(CCCC(O[Si](C)(C)C(C)(C)C)c2ccc(F)cc2)Nc2ccc(C#N)cc2)cc1. The number of anilines is 1. The summed E-state index contributed by atoms with van der Waals surface area (Å²) in [4.78, 5) is 29.9. The fourth-order valence-electron chi connectivity index (χ4n) is 6.17. The molecule has 1 N–H and O–H groups in total. The average Bonchev–Trinajstić information content (AvgIpc) is 3.48. The molecule has 4 aromatic carbocycles. The van der Waals surface area contributed by atoms with Crippen LogP contribution in [-0.4, -0.2) is 45.0 Å². The van der Waals surface area contributed by atoms with Crippen LogP contribution in [0.25, 0.3) is 0 Å². The number of benzene rings is 4. The smallest absolute Gasteiger partial charge is 0.417 e. The number of rotatable bonds is 13. The minimum atomic E-state index is -2.25. The summed E-state index contributed by atoms with van der Waals surface area (Å²) in [5.74, 6) is -0.135. The van der Waals surface area contributed by atoms with Crippen LogP contribution in [0.15, 0.2) is 103 Å². The highest BCUT2D eigenvalue weighted by Crippen LogP contribution is 2.43. The lowest BCUT2D eigenvalue weighted by Crippen LogP contribution is -2.54. The molecule has 8 nitrogen and oxygen atoms in total. The number of imide groups is 1. The Morgan fingerprint density at radius 3 is 2.18 bits per heavy atom. The van der Waals surface area contributed by atoms with Crippen molar-refractivity contribution in [3.63, 3.8) is 0 Å². The highest BCUT2D eigenvalue weighted by molar-refractivity contribution is 6.74. The van der Waals surface area contributed by atoms with Crippen molar-refractivity contribution in [1.29, 1.82) is 5.26 Å². The van der Waals surface area contributed by atoms with E-state index >= 15 is 0 Å². The number of nitrogens with one attached hydrogen (secondary N) is 1. The van der Waals surface area contributed by atoms with Gasteiger partial charge in [-0.2, -0.15) is 5.26 Å². The normalized spacial score (nSPS) is 17.3. The third-order valence-electron chi connectivity index (χ3n) is 10.1. The van der Waals surface area contributed by atoms with Crippen LogP contribution >= 0.6 is 0 Å². The van der Waals surface area contributed by atoms with Gasteiger partial charge in [-0.3, -0.25) is 4.79 Å². The number of ether oxygens (including phenoxy) is 2. The van der Waals surface area contributed by atoms with E-state index in [4.69, 9.17) is 13.9 Å². The van der Waals surface area contributed by atoms with Crippen LogP contribution in [0.4, 0.5) is 14.9 Å². The Balaban J connectivity index is 1.51. The molecule has 1 fully saturated rings. The number of hydrogen-bond acceptors (Lipinski definition) is 7. The summed E-state index contributed by atoms with van der Waals surface area (Å²) in [6, 6.07) is 31.2. The van der Waals surface area contributed by atoms with Gasteiger partial charge in [-0.1, -0.05) is 75.4 Å². The molecule has 266 valence electrons. The van der Waals surface area contributed by atoms with Crippen LogP contribution in [0.2, 0.25) is 18.1 Å². The summed E-state index contributed by atoms with van der Waals surface area (Å²) in [7, 11) is -0.665. The quantitative estimate of drug-likeness (QED) is 0.138. The lowest BCUT2D eigenvalue weighted by molar-refractivity contribution is -0.132. The molecule has 0 saturated carbocycles. The van der Waals surface area contributed by atoms with E-state index in [0.29, 0.717) is 41.8 Å². The van der Waals surface area contributed by atoms with Gasteiger partial charge in [0.1, 0.15) is 29.8 Å². The summed E-state index contributed by atoms with van der Waals surface area (Å²) < 4.78 is 32.0. The maximum atomic E-state index is 14.9. The van der Waals surface area contributed by atoms with Crippen molar-refractivity contribution >= 4 is 26.0 Å². The van der Waals surface area contributed by atoms with Gasteiger partial charge >= 0.3 is 6.09 Å². The highest BCUT2D eigenvalue weighted by Gasteiger charge is 2.54. The fourth-order valence-corrected chi connectivity index (χ4v) is 7.49. The fraction of sp³-hybridized carbons (Fsp3) is 0.341. The zero-order valence-corrected chi connectivity index (χ0v) is 31.1. The minimum Gasteiger partial charge on any atom is -0.497 e. The number of carbonyl (C=O) groups is 2. The van der Waals surface area contributed by atoms with Gasteiger partial charge < -0.3 is 19.2 Å². The van der Waals surface area contributed by atoms with Crippen LogP contribution in [0.3, 0.4) is 0 Å². The lowest BCUT2D eigenvalue weighted by Gasteiger charge is -2.40. The molecule has 51 heavy (non-hydrogen) atoms. The largest absolute Gasteiger partial charge is 0.497 e. The van der Waals surface area contributed by atoms with Crippen molar-refractivity contribution in [3.8, 4) is 11.8 Å². The van der Waals surface area contributed by atoms with Crippen LogP contribution in [0.5, 0.6) is 5.75 Å². The molecular formula is C41H46FN3O5Si. The van der Waals surface area contributed by atoms with E-state index < -0.39 is 31.9 Å². The Labute approximate surface area is 301 Å². The number of halogens is 1. The van der Waals surface area contributed by atoms with E-state index in [2.05, 4.69) is 45.3 Å². The number of amides is 2. The molecular weight excluding hydrogens is 662 g/mol. The number of carbonyl (C=O) groups excluding carboxylic acids is 2. The Hall–Kier alpha value is -4.98. The molecule has 4 aromatic rings. The highest BCUT2D eigenvalue weighted by atomic mass is 28.4. The Bertz CT molecular complexity index is 1840. The van der Waals surface area contributed by atoms with Gasteiger partial charge in [0, 0.05) is 5.69 Å². The van der Waals surface area contributed by atoms with E-state index in [1.54, 1.807) is 55.6 Å². The van der Waals surface area contributed by atoms with Gasteiger partial charge in [-0.05, 0) is 103 Å². The number of nitrogens with zero attached hydrogens (tertiary/aromatic N) is 2. The first-order valence-corrected chi connectivity index (χ1v) is 20.1. The van der Waals surface area contributed by atoms with Gasteiger partial charge in [0.15, 0.2) is 8.32 Å². The molecule has 0 bridgehead atoms. The lowest BCUT2D eigenvalue weighted by atomic mass is 9.82. The van der Waals surface area contributed by atoms with E-state index in [9.17, 15) is 19.2 Å². The molecule has 10 heteroatoms. The third kappa shape index (κ3) is 8.16. The van der Waals surface area contributed by atoms with Crippen LogP contribution in [0.1, 0.15) is 68.4 Å². The number of nitriles is 1. The van der Waals surface area contributed by atoms with Crippen molar-refractivity contribution in [3.05, 3.63) is 131 Å². The monoisotopic (exact) mass is 707 g/mol. The maximum absolute atomic E-state index is 14.9. The molecule has 5 rings (SSSR count). The van der Waals surface area contributed by atoms with E-state index in [-0.39, 0.29) is 23.6 Å². The second kappa shape index (κ2) is 15.5. The summed E-state index contributed by atoms with van der Waals surface area (Å²) >= 11 is 0. The van der Waals surface area contributed by atoms with E-state index in [0.717, 1.165) is 11.1 Å². The van der Waals surface area contributed by atoms with E-state index in [1.165, 1.54) is 17.0 Å². The first-order chi connectivity index (χ1) is 24.3. The molecule has 0 radical (unpaired) electrons. The zero-order valence-electron chi connectivity index (χ0n) is 30.1. The summed E-state index contributed by atoms with van der Waals surface area (Å²) in [5, 5.41) is 12.7. The Morgan fingerprint density at radius 2 is 1.59 bits per heavy atom. The van der Waals surface area contributed by atoms with Gasteiger partial charge in [0.25, 0.3) is 5.91 Å². The van der Waals surface area contributed by atoms with Crippen molar-refractivity contribution < 1.29 is 27.9 Å². The molecule has 1 heterocycles. The first kappa shape index (κ1) is 37.3. The summed E-state index contributed by atoms with van der Waals surface area (Å²) in [6.45, 7) is 10.8. The standard InChI is InChI=1S/C41H46FN3O5Si/c1-40(2,3)51(5,6)50-37(30-17-21-33(42)22-18-30)14-10-13-36(44-34-23-15-29(27-43)16-24-34)38(46)45-39(47)49-28-41(45,31-11-8-7-9-12-31)32-19-25-35(48-4)26-20-32/h7-9,11-12,15-26,36-37,44H,10,13-14,28H2,1-6H3. The molecule has 0 aliphatic carbocycles. The maximum Gasteiger partial charge on any atom is 0.417 e. The van der Waals surface area contributed by atoms with Gasteiger partial charge in [-0.15, -0.1) is 0 Å². The molecule has 1 aliphatic heterocycles. The molecule has 1 aliphatic rings. The Morgan fingerprint density at radius 1 is 0.961 bits per heavy atom. The zero-order chi connectivity index (χ0) is 36.8. The van der Waals surface area contributed by atoms with Gasteiger partial charge in [0.05, 0.1) is 24.8 Å². The van der Waals surface area contributed by atoms with Crippen LogP contribution < -0.4 is 10.1 Å². The topological polar surface area (TPSA) is 101 Å². The van der Waals surface area contributed by atoms with Crippen molar-refractivity contribution in [2.45, 2.75) is 75.9 Å². The molecule has 1 saturated heterocycles. The number of methoxy groups -OCH3 is 1. The van der Waals surface area contributed by atoms with Gasteiger partial charge in [0.2, 0.25) is 0 Å². The minimum absolute atomic E-state index is 0.0563. The predicted octanol–water partition coefficient (Wildman–Crippen LogP) is 9.34. The third-order valence-corrected chi connectivity index (χ3v) is 14.6. The van der Waals surface area contributed by atoms with E-state index in [1.807, 2.05) is 42.5 Å². The molecule has 0 aromatic heterocycles. The van der Waals surface area contributed by atoms with Gasteiger partial charge in [-0.25, -0.2) is 14.1 Å². The summed E-state index contributed by atoms with van der Waals surface area (Å²) in [6.07, 6.45) is 0.381. The van der Waals surface area contributed by atoms with Crippen LogP contribution in [-0.2, 0) is 19.5 Å². The second-order valence-corrected chi connectivity index (χ2v) is 19.2. The average molecular weight is 708 g/mol. The predicted molar refractivity (Wildman–Crippen MR) is 198 cm³/mol. The Kier molecular flexibility index (Phi) is 11.3. The van der Waals surface area contributed by atoms with Crippen LogP contribution in [0, 0.1) is 17.1 Å². The molecule has 3 atom stereocenters. The van der Waals surface area contributed by atoms with Crippen molar-refractivity contribution in [2.75, 3.05) is 19.0 Å². The van der Waals surface area contributed by atoms with Crippen molar-refractivity contribution in [2.24, 2.45) is 0 Å². The summed E-state index contributed by atoms with van der Waals surface area (Å²) in [5.41, 5.74) is 2.17. The molecule has 3 unspecified atom stereocenters. The first-order valence-electron chi connectivity index (χ1n) is 17.2. The second-order valence-electron chi connectivity index (χ2n) is 14.4.